The third kappa shape index (κ3) is 6.38. The lowest BCUT2D eigenvalue weighted by molar-refractivity contribution is 0.0955. The van der Waals surface area contributed by atoms with Crippen molar-refractivity contribution in [1.82, 2.24) is 5.43 Å². The van der Waals surface area contributed by atoms with Gasteiger partial charge < -0.3 is 0 Å². The summed E-state index contributed by atoms with van der Waals surface area (Å²) in [5.41, 5.74) is 5.09. The first-order valence-electron chi connectivity index (χ1n) is 11.3. The van der Waals surface area contributed by atoms with E-state index in [1.807, 2.05) is 6.92 Å². The third-order valence-electron chi connectivity index (χ3n) is 5.54. The number of anilines is 1. The number of aryl methyl sites for hydroxylation is 1. The molecule has 0 spiro atoms. The van der Waals surface area contributed by atoms with Gasteiger partial charge in [-0.05, 0) is 55.0 Å². The number of hydrazone groups is 1. The van der Waals surface area contributed by atoms with Crippen LogP contribution in [0.1, 0.15) is 27.0 Å². The number of amides is 1. The number of halogens is 2. The predicted octanol–water partition coefficient (Wildman–Crippen LogP) is 6.46. The van der Waals surface area contributed by atoms with E-state index in [-0.39, 0.29) is 22.7 Å². The van der Waals surface area contributed by atoms with Gasteiger partial charge in [-0.3, -0.25) is 9.10 Å². The molecular weight excluding hydrogens is 529 g/mol. The molecule has 37 heavy (non-hydrogen) atoms. The molecule has 1 amide bonds. The van der Waals surface area contributed by atoms with Gasteiger partial charge >= 0.3 is 0 Å². The Kier molecular flexibility index (Phi) is 8.28. The number of nitrogens with zero attached hydrogens (tertiary/aromatic N) is 2. The molecule has 0 bridgehead atoms. The van der Waals surface area contributed by atoms with Gasteiger partial charge in [0.05, 0.1) is 28.9 Å². The molecule has 0 aromatic heterocycles. The molecule has 0 radical (unpaired) electrons. The van der Waals surface area contributed by atoms with Gasteiger partial charge in [0.15, 0.2) is 0 Å². The van der Waals surface area contributed by atoms with Crippen LogP contribution >= 0.6 is 23.2 Å². The SMILES string of the molecule is Cc1ccc(S(=O)(=O)N(Cc2ccc(Cl)cc2)c2ccccc2C(=O)N/N=C\c2ccccc2Cl)cc1. The predicted molar refractivity (Wildman–Crippen MR) is 149 cm³/mol. The first-order valence-corrected chi connectivity index (χ1v) is 13.5. The summed E-state index contributed by atoms with van der Waals surface area (Å²) in [7, 11) is -4.04. The van der Waals surface area contributed by atoms with Crippen LogP contribution in [0, 0.1) is 6.92 Å². The van der Waals surface area contributed by atoms with Crippen LogP contribution in [0.3, 0.4) is 0 Å². The Balaban J connectivity index is 1.72. The van der Waals surface area contributed by atoms with E-state index >= 15 is 0 Å². The Labute approximate surface area is 226 Å². The average molecular weight is 552 g/mol. The molecule has 9 heteroatoms. The van der Waals surface area contributed by atoms with E-state index in [0.29, 0.717) is 21.2 Å². The molecule has 0 aliphatic rings. The number of rotatable bonds is 8. The number of sulfonamides is 1. The standard InChI is InChI=1S/C28H23Cl2N3O3S/c1-20-10-16-24(17-11-20)37(35,36)33(19-21-12-14-23(29)15-13-21)27-9-5-3-7-25(27)28(34)32-31-18-22-6-2-4-8-26(22)30/h2-18H,19H2,1H3,(H,32,34)/b31-18-. The maximum absolute atomic E-state index is 13.9. The van der Waals surface area contributed by atoms with Crippen molar-refractivity contribution in [2.75, 3.05) is 4.31 Å². The summed E-state index contributed by atoms with van der Waals surface area (Å²) < 4.78 is 28.9. The number of carbonyl (C=O) groups excluding carboxylic acids is 1. The number of hydrogen-bond acceptors (Lipinski definition) is 4. The zero-order chi connectivity index (χ0) is 26.4. The molecule has 4 aromatic carbocycles. The molecule has 0 unspecified atom stereocenters. The highest BCUT2D eigenvalue weighted by molar-refractivity contribution is 7.92. The van der Waals surface area contributed by atoms with Crippen LogP contribution in [0.2, 0.25) is 10.0 Å². The van der Waals surface area contributed by atoms with E-state index in [1.54, 1.807) is 97.1 Å². The minimum absolute atomic E-state index is 0.0133. The molecule has 4 rings (SSSR count). The Morgan fingerprint density at radius 2 is 1.54 bits per heavy atom. The summed E-state index contributed by atoms with van der Waals surface area (Å²) in [5, 5.41) is 5.03. The molecule has 6 nitrogen and oxygen atoms in total. The topological polar surface area (TPSA) is 78.8 Å². The summed E-state index contributed by atoms with van der Waals surface area (Å²) in [6.07, 6.45) is 1.43. The first-order chi connectivity index (χ1) is 17.8. The molecule has 0 atom stereocenters. The summed E-state index contributed by atoms with van der Waals surface area (Å²) >= 11 is 12.2. The lowest BCUT2D eigenvalue weighted by Gasteiger charge is -2.26. The van der Waals surface area contributed by atoms with E-state index in [4.69, 9.17) is 23.2 Å². The fraction of sp³-hybridized carbons (Fsp3) is 0.0714. The molecule has 0 saturated heterocycles. The molecule has 0 saturated carbocycles. The van der Waals surface area contributed by atoms with Gasteiger partial charge in [0.2, 0.25) is 0 Å². The van der Waals surface area contributed by atoms with Gasteiger partial charge in [0.1, 0.15) is 0 Å². The van der Waals surface area contributed by atoms with Crippen molar-refractivity contribution in [3.8, 4) is 0 Å². The summed E-state index contributed by atoms with van der Waals surface area (Å²) in [5.74, 6) is -0.570. The van der Waals surface area contributed by atoms with Gasteiger partial charge in [-0.25, -0.2) is 13.8 Å². The van der Waals surface area contributed by atoms with Gasteiger partial charge in [-0.15, -0.1) is 0 Å². The van der Waals surface area contributed by atoms with Crippen LogP contribution < -0.4 is 9.73 Å². The van der Waals surface area contributed by atoms with Crippen molar-refractivity contribution in [2.45, 2.75) is 18.4 Å². The molecule has 4 aromatic rings. The number of hydrogen-bond donors (Lipinski definition) is 1. The highest BCUT2D eigenvalue weighted by atomic mass is 35.5. The summed E-state index contributed by atoms with van der Waals surface area (Å²) in [6.45, 7) is 1.87. The molecule has 1 N–H and O–H groups in total. The van der Waals surface area contributed by atoms with Crippen molar-refractivity contribution >= 4 is 51.0 Å². The Bertz CT molecular complexity index is 1540. The minimum atomic E-state index is -4.04. The van der Waals surface area contributed by atoms with Crippen molar-refractivity contribution in [3.63, 3.8) is 0 Å². The zero-order valence-corrected chi connectivity index (χ0v) is 22.1. The minimum Gasteiger partial charge on any atom is -0.267 e. The Morgan fingerprint density at radius 3 is 2.24 bits per heavy atom. The Hall–Kier alpha value is -3.65. The fourth-order valence-corrected chi connectivity index (χ4v) is 5.36. The van der Waals surface area contributed by atoms with E-state index in [2.05, 4.69) is 10.5 Å². The summed E-state index contributed by atoms with van der Waals surface area (Å²) in [6, 6.07) is 27.0. The highest BCUT2D eigenvalue weighted by Crippen LogP contribution is 2.30. The molecule has 0 aliphatic heterocycles. The number of benzene rings is 4. The first kappa shape index (κ1) is 26.4. The van der Waals surface area contributed by atoms with E-state index in [9.17, 15) is 13.2 Å². The normalized spacial score (nSPS) is 11.4. The van der Waals surface area contributed by atoms with Gasteiger partial charge in [0.25, 0.3) is 15.9 Å². The van der Waals surface area contributed by atoms with Crippen LogP contribution in [0.15, 0.2) is 107 Å². The number of carbonyl (C=O) groups is 1. The monoisotopic (exact) mass is 551 g/mol. The second kappa shape index (κ2) is 11.6. The Morgan fingerprint density at radius 1 is 0.892 bits per heavy atom. The van der Waals surface area contributed by atoms with Crippen molar-refractivity contribution in [2.24, 2.45) is 5.10 Å². The van der Waals surface area contributed by atoms with Crippen LogP contribution in [0.4, 0.5) is 5.69 Å². The number of nitrogens with one attached hydrogen (secondary N) is 1. The lowest BCUT2D eigenvalue weighted by atomic mass is 10.1. The molecule has 0 heterocycles. The van der Waals surface area contributed by atoms with E-state index in [0.717, 1.165) is 5.56 Å². The van der Waals surface area contributed by atoms with Crippen LogP contribution in [0.5, 0.6) is 0 Å². The zero-order valence-electron chi connectivity index (χ0n) is 19.8. The van der Waals surface area contributed by atoms with E-state index < -0.39 is 15.9 Å². The number of para-hydroxylation sites is 1. The van der Waals surface area contributed by atoms with Gasteiger partial charge in [-0.2, -0.15) is 5.10 Å². The maximum Gasteiger partial charge on any atom is 0.273 e. The van der Waals surface area contributed by atoms with E-state index in [1.165, 1.54) is 10.5 Å². The van der Waals surface area contributed by atoms with Crippen molar-refractivity contribution in [1.29, 1.82) is 0 Å². The quantitative estimate of drug-likeness (QED) is 0.201. The molecule has 0 aliphatic carbocycles. The van der Waals surface area contributed by atoms with Gasteiger partial charge in [-0.1, -0.05) is 83.4 Å². The molecule has 0 fully saturated rings. The van der Waals surface area contributed by atoms with Crippen molar-refractivity contribution < 1.29 is 13.2 Å². The van der Waals surface area contributed by atoms with Crippen LogP contribution in [-0.2, 0) is 16.6 Å². The largest absolute Gasteiger partial charge is 0.273 e. The average Bonchev–Trinajstić information content (AvgIpc) is 2.89. The smallest absolute Gasteiger partial charge is 0.267 e. The second-order valence-corrected chi connectivity index (χ2v) is 10.9. The lowest BCUT2D eigenvalue weighted by Crippen LogP contribution is -2.33. The molecular formula is C28H23Cl2N3O3S. The fourth-order valence-electron chi connectivity index (χ4n) is 3.58. The third-order valence-corrected chi connectivity index (χ3v) is 7.91. The molecule has 188 valence electrons. The highest BCUT2D eigenvalue weighted by Gasteiger charge is 2.28. The van der Waals surface area contributed by atoms with Crippen LogP contribution in [0.25, 0.3) is 0 Å². The maximum atomic E-state index is 13.9. The van der Waals surface area contributed by atoms with Crippen molar-refractivity contribution in [3.05, 3.63) is 129 Å². The second-order valence-electron chi connectivity index (χ2n) is 8.19. The summed E-state index contributed by atoms with van der Waals surface area (Å²) in [4.78, 5) is 13.3. The van der Waals surface area contributed by atoms with Gasteiger partial charge in [0, 0.05) is 15.6 Å². The van der Waals surface area contributed by atoms with Crippen LogP contribution in [-0.4, -0.2) is 20.5 Å².